The highest BCUT2D eigenvalue weighted by Gasteiger charge is 2.36. The van der Waals surface area contributed by atoms with Crippen LogP contribution < -0.4 is 5.32 Å². The van der Waals surface area contributed by atoms with Crippen molar-refractivity contribution in [3.8, 4) is 0 Å². The maximum absolute atomic E-state index is 3.70. The van der Waals surface area contributed by atoms with Crippen molar-refractivity contribution in [1.29, 1.82) is 0 Å². The van der Waals surface area contributed by atoms with Gasteiger partial charge in [-0.15, -0.1) is 0 Å². The Bertz CT molecular complexity index is 141. The second kappa shape index (κ2) is 3.37. The van der Waals surface area contributed by atoms with Crippen LogP contribution in [-0.2, 0) is 0 Å². The highest BCUT2D eigenvalue weighted by molar-refractivity contribution is 4.95. The van der Waals surface area contributed by atoms with E-state index in [0.29, 0.717) is 5.54 Å². The van der Waals surface area contributed by atoms with Crippen molar-refractivity contribution in [2.45, 2.75) is 57.4 Å². The molecular formula is C11H21N. The molecule has 1 N–H and O–H groups in total. The quantitative estimate of drug-likeness (QED) is 0.633. The summed E-state index contributed by atoms with van der Waals surface area (Å²) in [5, 5.41) is 3.70. The molecule has 12 heavy (non-hydrogen) atoms. The molecule has 1 aliphatic carbocycles. The normalized spacial score (nSPS) is 38.8. The Balaban J connectivity index is 1.96. The average molecular weight is 167 g/mol. The smallest absolute Gasteiger partial charge is 0.0181 e. The lowest BCUT2D eigenvalue weighted by Gasteiger charge is -2.37. The number of hydrogen-bond donors (Lipinski definition) is 1. The minimum atomic E-state index is 0.514. The van der Waals surface area contributed by atoms with Gasteiger partial charge in [0.25, 0.3) is 0 Å². The molecule has 1 aliphatic heterocycles. The Morgan fingerprint density at radius 2 is 1.83 bits per heavy atom. The van der Waals surface area contributed by atoms with Gasteiger partial charge in [0.2, 0.25) is 0 Å². The fraction of sp³-hybridized carbons (Fsp3) is 1.00. The van der Waals surface area contributed by atoms with Crippen molar-refractivity contribution in [1.82, 2.24) is 5.32 Å². The molecule has 0 spiro atoms. The SMILES string of the molecule is CC1(C2CCCCC2)CCCN1. The first-order valence-corrected chi connectivity index (χ1v) is 5.56. The lowest BCUT2D eigenvalue weighted by molar-refractivity contribution is 0.200. The summed E-state index contributed by atoms with van der Waals surface area (Å²) in [6, 6.07) is 0. The molecule has 0 amide bonds. The second-order valence-corrected chi connectivity index (χ2v) is 4.78. The zero-order chi connectivity index (χ0) is 8.44. The van der Waals surface area contributed by atoms with Crippen LogP contribution in [0.4, 0.5) is 0 Å². The van der Waals surface area contributed by atoms with Gasteiger partial charge in [0, 0.05) is 5.54 Å². The van der Waals surface area contributed by atoms with Crippen LogP contribution in [0.25, 0.3) is 0 Å². The molecule has 1 saturated heterocycles. The summed E-state index contributed by atoms with van der Waals surface area (Å²) in [7, 11) is 0. The van der Waals surface area contributed by atoms with Crippen molar-refractivity contribution < 1.29 is 0 Å². The van der Waals surface area contributed by atoms with Crippen LogP contribution in [0.5, 0.6) is 0 Å². The summed E-state index contributed by atoms with van der Waals surface area (Å²) >= 11 is 0. The first-order chi connectivity index (χ1) is 5.81. The van der Waals surface area contributed by atoms with E-state index in [-0.39, 0.29) is 0 Å². The molecule has 2 rings (SSSR count). The molecule has 1 atom stereocenters. The topological polar surface area (TPSA) is 12.0 Å². The molecule has 1 heterocycles. The minimum Gasteiger partial charge on any atom is -0.311 e. The molecule has 0 aromatic heterocycles. The molecule has 0 radical (unpaired) electrons. The largest absolute Gasteiger partial charge is 0.311 e. The average Bonchev–Trinajstić information content (AvgIpc) is 2.55. The third-order valence-electron chi connectivity index (χ3n) is 3.91. The van der Waals surface area contributed by atoms with Crippen molar-refractivity contribution in [2.75, 3.05) is 6.54 Å². The van der Waals surface area contributed by atoms with E-state index in [2.05, 4.69) is 12.2 Å². The van der Waals surface area contributed by atoms with E-state index in [1.165, 1.54) is 51.5 Å². The molecule has 2 aliphatic rings. The summed E-state index contributed by atoms with van der Waals surface area (Å²) < 4.78 is 0. The summed E-state index contributed by atoms with van der Waals surface area (Å²) in [5.74, 6) is 0.980. The molecular weight excluding hydrogens is 146 g/mol. The van der Waals surface area contributed by atoms with E-state index in [9.17, 15) is 0 Å². The van der Waals surface area contributed by atoms with Crippen LogP contribution in [0.2, 0.25) is 0 Å². The van der Waals surface area contributed by atoms with E-state index in [1.807, 2.05) is 0 Å². The predicted octanol–water partition coefficient (Wildman–Crippen LogP) is 2.71. The van der Waals surface area contributed by atoms with Crippen molar-refractivity contribution >= 4 is 0 Å². The fourth-order valence-corrected chi connectivity index (χ4v) is 3.01. The van der Waals surface area contributed by atoms with Gasteiger partial charge >= 0.3 is 0 Å². The van der Waals surface area contributed by atoms with Crippen LogP contribution in [0, 0.1) is 5.92 Å². The van der Waals surface area contributed by atoms with Gasteiger partial charge in [0.15, 0.2) is 0 Å². The fourth-order valence-electron chi connectivity index (χ4n) is 3.01. The lowest BCUT2D eigenvalue weighted by Crippen LogP contribution is -2.44. The standard InChI is InChI=1S/C11H21N/c1-11(8-5-9-12-11)10-6-3-2-4-7-10/h10,12H,2-9H2,1H3. The first-order valence-electron chi connectivity index (χ1n) is 5.56. The zero-order valence-electron chi connectivity index (χ0n) is 8.23. The van der Waals surface area contributed by atoms with E-state index >= 15 is 0 Å². The third-order valence-corrected chi connectivity index (χ3v) is 3.91. The van der Waals surface area contributed by atoms with Gasteiger partial charge in [-0.05, 0) is 45.1 Å². The summed E-state index contributed by atoms with van der Waals surface area (Å²) in [6.07, 6.45) is 10.2. The van der Waals surface area contributed by atoms with Crippen LogP contribution >= 0.6 is 0 Å². The van der Waals surface area contributed by atoms with E-state index in [1.54, 1.807) is 0 Å². The van der Waals surface area contributed by atoms with Gasteiger partial charge in [-0.2, -0.15) is 0 Å². The van der Waals surface area contributed by atoms with Crippen LogP contribution in [0.3, 0.4) is 0 Å². The second-order valence-electron chi connectivity index (χ2n) is 4.78. The van der Waals surface area contributed by atoms with Gasteiger partial charge in [0.05, 0.1) is 0 Å². The van der Waals surface area contributed by atoms with E-state index in [0.717, 1.165) is 5.92 Å². The molecule has 1 saturated carbocycles. The van der Waals surface area contributed by atoms with Gasteiger partial charge in [-0.25, -0.2) is 0 Å². The number of nitrogens with one attached hydrogen (secondary N) is 1. The zero-order valence-corrected chi connectivity index (χ0v) is 8.23. The Labute approximate surface area is 75.9 Å². The number of rotatable bonds is 1. The molecule has 1 nitrogen and oxygen atoms in total. The number of hydrogen-bond acceptors (Lipinski definition) is 1. The van der Waals surface area contributed by atoms with Gasteiger partial charge < -0.3 is 5.32 Å². The lowest BCUT2D eigenvalue weighted by atomic mass is 9.75. The first kappa shape index (κ1) is 8.55. The Morgan fingerprint density at radius 3 is 2.42 bits per heavy atom. The van der Waals surface area contributed by atoms with Crippen molar-refractivity contribution in [3.05, 3.63) is 0 Å². The Kier molecular flexibility index (Phi) is 2.40. The predicted molar refractivity (Wildman–Crippen MR) is 52.2 cm³/mol. The summed E-state index contributed by atoms with van der Waals surface area (Å²) in [6.45, 7) is 3.70. The molecule has 1 heteroatoms. The maximum Gasteiger partial charge on any atom is 0.0181 e. The molecule has 0 aromatic rings. The third kappa shape index (κ3) is 1.52. The van der Waals surface area contributed by atoms with Crippen molar-refractivity contribution in [2.24, 2.45) is 5.92 Å². The molecule has 0 aromatic carbocycles. The Hall–Kier alpha value is -0.0400. The molecule has 1 unspecified atom stereocenters. The minimum absolute atomic E-state index is 0.514. The Morgan fingerprint density at radius 1 is 1.08 bits per heavy atom. The monoisotopic (exact) mass is 167 g/mol. The summed E-state index contributed by atoms with van der Waals surface area (Å²) in [4.78, 5) is 0. The summed E-state index contributed by atoms with van der Waals surface area (Å²) in [5.41, 5.74) is 0.514. The van der Waals surface area contributed by atoms with Crippen molar-refractivity contribution in [3.63, 3.8) is 0 Å². The van der Waals surface area contributed by atoms with Gasteiger partial charge in [0.1, 0.15) is 0 Å². The molecule has 2 fully saturated rings. The molecule has 70 valence electrons. The highest BCUT2D eigenvalue weighted by Crippen LogP contribution is 2.37. The van der Waals surface area contributed by atoms with Crippen LogP contribution in [-0.4, -0.2) is 12.1 Å². The van der Waals surface area contributed by atoms with Gasteiger partial charge in [-0.3, -0.25) is 0 Å². The van der Waals surface area contributed by atoms with Gasteiger partial charge in [-0.1, -0.05) is 19.3 Å². The van der Waals surface area contributed by atoms with Crippen LogP contribution in [0.15, 0.2) is 0 Å². The van der Waals surface area contributed by atoms with E-state index in [4.69, 9.17) is 0 Å². The highest BCUT2D eigenvalue weighted by atomic mass is 15.0. The maximum atomic E-state index is 3.70. The van der Waals surface area contributed by atoms with E-state index < -0.39 is 0 Å². The molecule has 0 bridgehead atoms. The van der Waals surface area contributed by atoms with Crippen LogP contribution in [0.1, 0.15) is 51.9 Å².